The molecule has 8 N–H and O–H groups in total. The molecule has 1 unspecified atom stereocenters. The average Bonchev–Trinajstić information content (AvgIpc) is 3.59. The number of benzene rings is 4. The van der Waals surface area contributed by atoms with Crippen molar-refractivity contribution in [1.29, 1.82) is 0 Å². The van der Waals surface area contributed by atoms with Crippen molar-refractivity contribution < 1.29 is 14.4 Å². The lowest BCUT2D eigenvalue weighted by Gasteiger charge is -2.30. The number of fused-ring (bicyclic) bond motifs is 1. The maximum Gasteiger partial charge on any atom is 0.240 e. The molecule has 12 heteroatoms. The number of hydrogen-bond acceptors (Lipinski definition) is 6. The number of carbonyl (C=O) groups excluding carboxylic acids is 3. The number of amides is 3. The van der Waals surface area contributed by atoms with Crippen LogP contribution in [0.15, 0.2) is 121 Å². The van der Waals surface area contributed by atoms with Crippen LogP contribution in [0.4, 0.5) is 0 Å². The van der Waals surface area contributed by atoms with Crippen molar-refractivity contribution in [3.8, 4) is 0 Å². The molecule has 0 bridgehead atoms. The maximum atomic E-state index is 14.6. The molecule has 286 valence electrons. The van der Waals surface area contributed by atoms with E-state index in [1.807, 2.05) is 59.6 Å². The monoisotopic (exact) mass is 741 g/mol. The van der Waals surface area contributed by atoms with Gasteiger partial charge in [0.2, 0.25) is 17.7 Å². The first-order valence-corrected chi connectivity index (χ1v) is 18.9. The summed E-state index contributed by atoms with van der Waals surface area (Å²) in [6.45, 7) is 2.83. The zero-order valence-electron chi connectivity index (χ0n) is 31.3. The zero-order valence-corrected chi connectivity index (χ0v) is 31.3. The predicted octanol–water partition coefficient (Wildman–Crippen LogP) is 3.80. The molecule has 1 aliphatic rings. The van der Waals surface area contributed by atoms with Crippen LogP contribution in [0.1, 0.15) is 60.5 Å². The number of nitrogens with zero attached hydrogens (tertiary/aromatic N) is 4. The van der Waals surface area contributed by atoms with Crippen molar-refractivity contribution in [2.24, 2.45) is 22.2 Å². The molecule has 4 aromatic carbocycles. The summed E-state index contributed by atoms with van der Waals surface area (Å²) in [7, 11) is 0. The van der Waals surface area contributed by atoms with Gasteiger partial charge < -0.3 is 37.3 Å². The summed E-state index contributed by atoms with van der Waals surface area (Å²) in [5.74, 6) is -0.927. The van der Waals surface area contributed by atoms with E-state index in [1.165, 1.54) is 6.92 Å². The van der Waals surface area contributed by atoms with E-state index < -0.39 is 18.0 Å². The molecule has 0 spiro atoms. The van der Waals surface area contributed by atoms with E-state index >= 15 is 0 Å². The standard InChI is InChI=1S/C43H51N9O3/c1-29(53)49-39(41(44)54)25-35-26-52(28-48-35)40(24-30-18-19-31-11-8-9-16-34(31)23-30)37-20-22-51(42(55)38(50-37)17-10-21-47-43(45)46)27-36(32-12-4-2-5-13-32)33-14-6-3-7-15-33/h2-9,11-16,18-19,23,26,28,36-40,50H,10,17,20-22,24-25,27H2,1H3,(H2,44,54)(H,49,53)(H4,45,46,47)/t37-,38+,39?,40+/m1/s1. The SMILES string of the molecule is CC(=O)NC(Cc1cn([C@@H](Cc2ccc3ccccc3c2)[C@H]2CCN(CC(c3ccccc3)c3ccccc3)C(=O)[C@H](CCCN=C(N)N)N2)cn1)C(N)=O. The topological polar surface area (TPSA) is 187 Å². The Morgan fingerprint density at radius 3 is 2.24 bits per heavy atom. The summed E-state index contributed by atoms with van der Waals surface area (Å²) in [4.78, 5) is 49.6. The highest BCUT2D eigenvalue weighted by molar-refractivity contribution is 5.86. The van der Waals surface area contributed by atoms with Gasteiger partial charge in [-0.2, -0.15) is 0 Å². The Balaban J connectivity index is 1.34. The number of hydrogen-bond donors (Lipinski definition) is 5. The van der Waals surface area contributed by atoms with Crippen LogP contribution in [0.3, 0.4) is 0 Å². The Kier molecular flexibility index (Phi) is 12.9. The molecule has 55 heavy (non-hydrogen) atoms. The molecule has 0 radical (unpaired) electrons. The van der Waals surface area contributed by atoms with Gasteiger partial charge in [0.1, 0.15) is 6.04 Å². The summed E-state index contributed by atoms with van der Waals surface area (Å²) < 4.78 is 2.07. The van der Waals surface area contributed by atoms with E-state index in [-0.39, 0.29) is 42.2 Å². The molecule has 4 atom stereocenters. The number of guanidine groups is 1. The van der Waals surface area contributed by atoms with Crippen molar-refractivity contribution in [2.45, 2.75) is 69.1 Å². The molecule has 6 rings (SSSR count). The average molecular weight is 742 g/mol. The van der Waals surface area contributed by atoms with Gasteiger partial charge in [0.25, 0.3) is 0 Å². The molecule has 1 fully saturated rings. The third kappa shape index (κ3) is 10.4. The Labute approximate surface area is 322 Å². The first kappa shape index (κ1) is 38.7. The van der Waals surface area contributed by atoms with Gasteiger partial charge in [-0.05, 0) is 53.1 Å². The lowest BCUT2D eigenvalue weighted by atomic mass is 9.90. The number of aliphatic imine (C=N–C) groups is 1. The Morgan fingerprint density at radius 1 is 0.909 bits per heavy atom. The van der Waals surface area contributed by atoms with Crippen LogP contribution in [0.5, 0.6) is 0 Å². The fourth-order valence-electron chi connectivity index (χ4n) is 7.63. The van der Waals surface area contributed by atoms with Crippen LogP contribution in [0, 0.1) is 0 Å². The number of imidazole rings is 1. The van der Waals surface area contributed by atoms with Crippen molar-refractivity contribution in [2.75, 3.05) is 19.6 Å². The van der Waals surface area contributed by atoms with Gasteiger partial charge in [-0.3, -0.25) is 19.4 Å². The summed E-state index contributed by atoms with van der Waals surface area (Å²) >= 11 is 0. The molecule has 5 aromatic rings. The second-order valence-corrected chi connectivity index (χ2v) is 14.3. The van der Waals surface area contributed by atoms with Crippen LogP contribution in [-0.2, 0) is 27.2 Å². The molecule has 2 heterocycles. The van der Waals surface area contributed by atoms with Crippen molar-refractivity contribution >= 4 is 34.5 Å². The lowest BCUT2D eigenvalue weighted by molar-refractivity contribution is -0.133. The van der Waals surface area contributed by atoms with E-state index in [4.69, 9.17) is 17.2 Å². The predicted molar refractivity (Wildman–Crippen MR) is 216 cm³/mol. The number of primary amides is 1. The minimum atomic E-state index is -0.890. The normalized spacial score (nSPS) is 17.1. The number of rotatable bonds is 16. The lowest BCUT2D eigenvalue weighted by Crippen LogP contribution is -2.48. The Hall–Kier alpha value is -6.01. The van der Waals surface area contributed by atoms with Gasteiger partial charge in [-0.15, -0.1) is 0 Å². The van der Waals surface area contributed by atoms with E-state index in [0.29, 0.717) is 51.0 Å². The minimum absolute atomic E-state index is 0.0170. The molecular weight excluding hydrogens is 691 g/mol. The second-order valence-electron chi connectivity index (χ2n) is 14.3. The molecule has 1 aliphatic heterocycles. The first-order valence-electron chi connectivity index (χ1n) is 18.9. The smallest absolute Gasteiger partial charge is 0.240 e. The third-order valence-electron chi connectivity index (χ3n) is 10.4. The van der Waals surface area contributed by atoms with Gasteiger partial charge in [-0.25, -0.2) is 4.98 Å². The molecule has 1 aromatic heterocycles. The van der Waals surface area contributed by atoms with Crippen LogP contribution in [0.2, 0.25) is 0 Å². The Bertz CT molecular complexity index is 2040. The summed E-state index contributed by atoms with van der Waals surface area (Å²) in [5, 5.41) is 8.74. The molecule has 0 saturated carbocycles. The van der Waals surface area contributed by atoms with Gasteiger partial charge >= 0.3 is 0 Å². The van der Waals surface area contributed by atoms with Gasteiger partial charge in [-0.1, -0.05) is 103 Å². The van der Waals surface area contributed by atoms with E-state index in [1.54, 1.807) is 6.33 Å². The Morgan fingerprint density at radius 2 is 1.58 bits per heavy atom. The van der Waals surface area contributed by atoms with Crippen molar-refractivity contribution in [3.05, 3.63) is 138 Å². The van der Waals surface area contributed by atoms with Gasteiger partial charge in [0.15, 0.2) is 5.96 Å². The first-order chi connectivity index (χ1) is 26.6. The van der Waals surface area contributed by atoms with Crippen LogP contribution < -0.4 is 27.8 Å². The molecule has 3 amide bonds. The van der Waals surface area contributed by atoms with Crippen LogP contribution in [0.25, 0.3) is 10.8 Å². The fraction of sp³-hybridized carbons (Fsp3) is 0.326. The van der Waals surface area contributed by atoms with Gasteiger partial charge in [0.05, 0.1) is 24.1 Å². The zero-order chi connectivity index (χ0) is 38.7. The maximum absolute atomic E-state index is 14.6. The van der Waals surface area contributed by atoms with E-state index in [0.717, 1.165) is 27.5 Å². The minimum Gasteiger partial charge on any atom is -0.370 e. The summed E-state index contributed by atoms with van der Waals surface area (Å²) in [6, 6.07) is 33.8. The molecule has 1 saturated heterocycles. The third-order valence-corrected chi connectivity index (χ3v) is 10.4. The summed E-state index contributed by atoms with van der Waals surface area (Å²) in [5.41, 5.74) is 21.0. The van der Waals surface area contributed by atoms with E-state index in [9.17, 15) is 14.4 Å². The quantitative estimate of drug-likeness (QED) is 0.0578. The molecular formula is C43H51N9O3. The van der Waals surface area contributed by atoms with Crippen molar-refractivity contribution in [3.63, 3.8) is 0 Å². The number of nitrogens with one attached hydrogen (secondary N) is 2. The highest BCUT2D eigenvalue weighted by Crippen LogP contribution is 2.30. The fourth-order valence-corrected chi connectivity index (χ4v) is 7.63. The van der Waals surface area contributed by atoms with E-state index in [2.05, 4.69) is 79.8 Å². The molecule has 0 aliphatic carbocycles. The van der Waals surface area contributed by atoms with Gasteiger partial charge in [0, 0.05) is 51.1 Å². The number of nitrogens with two attached hydrogens (primary N) is 3. The van der Waals surface area contributed by atoms with Crippen LogP contribution in [-0.4, -0.2) is 75.9 Å². The highest BCUT2D eigenvalue weighted by atomic mass is 16.2. The molecule has 12 nitrogen and oxygen atoms in total. The number of aromatic nitrogens is 2. The van der Waals surface area contributed by atoms with Crippen molar-refractivity contribution in [1.82, 2.24) is 25.1 Å². The summed E-state index contributed by atoms with van der Waals surface area (Å²) in [6.07, 6.45) is 6.33. The largest absolute Gasteiger partial charge is 0.370 e. The highest BCUT2D eigenvalue weighted by Gasteiger charge is 2.36. The van der Waals surface area contributed by atoms with Crippen LogP contribution >= 0.6 is 0 Å². The second kappa shape index (κ2) is 18.4. The number of carbonyl (C=O) groups is 3.